The number of aliphatic hydroxyl groups is 1. The van der Waals surface area contributed by atoms with Gasteiger partial charge in [-0.05, 0) is 31.5 Å². The van der Waals surface area contributed by atoms with Crippen LogP contribution in [-0.4, -0.2) is 40.5 Å². The summed E-state index contributed by atoms with van der Waals surface area (Å²) in [5, 5.41) is 24.3. The van der Waals surface area contributed by atoms with Crippen LogP contribution >= 0.6 is 0 Å². The minimum absolute atomic E-state index is 0.0372. The standard InChI is InChI=1S/C21H21F3N2O5/c1-3-31-15-10-13(8-9-14(15)27)17-16(18(28)12-6-4-11(2)5-7-12)20(30,21(22,23)24)26-19(29)25-17/h4-10,16-17,27,30H,3H2,1-2H3,(H2,25,26,29)/t16-,17+,20+/m1/s1. The molecule has 2 aromatic rings. The van der Waals surface area contributed by atoms with Crippen LogP contribution in [0.15, 0.2) is 42.5 Å². The summed E-state index contributed by atoms with van der Waals surface area (Å²) in [4.78, 5) is 25.3. The molecule has 1 fully saturated rings. The number of phenols is 1. The van der Waals surface area contributed by atoms with Gasteiger partial charge in [-0.3, -0.25) is 4.79 Å². The van der Waals surface area contributed by atoms with Crippen LogP contribution in [0.25, 0.3) is 0 Å². The second-order valence-corrected chi connectivity index (χ2v) is 7.21. The topological polar surface area (TPSA) is 108 Å². The number of aryl methyl sites for hydroxylation is 1. The number of phenolic OH excluding ortho intramolecular Hbond substituents is 1. The summed E-state index contributed by atoms with van der Waals surface area (Å²) < 4.78 is 47.1. The molecule has 0 bridgehead atoms. The molecule has 0 aromatic heterocycles. The van der Waals surface area contributed by atoms with Crippen molar-refractivity contribution in [1.29, 1.82) is 0 Å². The van der Waals surface area contributed by atoms with Gasteiger partial charge < -0.3 is 25.6 Å². The van der Waals surface area contributed by atoms with Crippen LogP contribution in [0.2, 0.25) is 0 Å². The van der Waals surface area contributed by atoms with Crippen LogP contribution in [0.5, 0.6) is 11.5 Å². The molecule has 31 heavy (non-hydrogen) atoms. The number of nitrogens with one attached hydrogen (secondary N) is 2. The zero-order valence-corrected chi connectivity index (χ0v) is 16.7. The van der Waals surface area contributed by atoms with E-state index < -0.39 is 35.7 Å². The molecular formula is C21H21F3N2O5. The summed E-state index contributed by atoms with van der Waals surface area (Å²) >= 11 is 0. The van der Waals surface area contributed by atoms with Crippen molar-refractivity contribution in [1.82, 2.24) is 10.6 Å². The number of carbonyl (C=O) groups is 2. The first-order valence-corrected chi connectivity index (χ1v) is 9.42. The first-order chi connectivity index (χ1) is 14.5. The molecule has 0 spiro atoms. The van der Waals surface area contributed by atoms with E-state index in [0.29, 0.717) is 0 Å². The number of ketones is 1. The van der Waals surface area contributed by atoms with Gasteiger partial charge in [0.25, 0.3) is 0 Å². The van der Waals surface area contributed by atoms with Crippen molar-refractivity contribution in [3.05, 3.63) is 59.2 Å². The maximum absolute atomic E-state index is 13.9. The van der Waals surface area contributed by atoms with E-state index in [1.165, 1.54) is 35.6 Å². The van der Waals surface area contributed by atoms with Crippen LogP contribution in [0.4, 0.5) is 18.0 Å². The van der Waals surface area contributed by atoms with Crippen LogP contribution in [0, 0.1) is 12.8 Å². The fourth-order valence-electron chi connectivity index (χ4n) is 3.51. The highest BCUT2D eigenvalue weighted by atomic mass is 19.4. The molecule has 2 amide bonds. The Hall–Kier alpha value is -3.27. The minimum atomic E-state index is -5.35. The van der Waals surface area contributed by atoms with Gasteiger partial charge in [-0.15, -0.1) is 0 Å². The maximum Gasteiger partial charge on any atom is 0.437 e. The van der Waals surface area contributed by atoms with Gasteiger partial charge in [-0.1, -0.05) is 35.9 Å². The molecule has 0 saturated carbocycles. The average Bonchev–Trinajstić information content (AvgIpc) is 2.68. The number of Topliss-reactive ketones (excluding diaryl/α,β-unsaturated/α-hetero) is 1. The molecule has 10 heteroatoms. The Labute approximate surface area is 175 Å². The zero-order chi connectivity index (χ0) is 23.0. The first kappa shape index (κ1) is 22.4. The molecule has 3 rings (SSSR count). The molecule has 1 aliphatic rings. The molecule has 7 nitrogen and oxygen atoms in total. The lowest BCUT2D eigenvalue weighted by atomic mass is 9.77. The Morgan fingerprint density at radius 1 is 1.19 bits per heavy atom. The van der Waals surface area contributed by atoms with E-state index in [1.807, 2.05) is 0 Å². The van der Waals surface area contributed by atoms with Crippen molar-refractivity contribution in [2.24, 2.45) is 5.92 Å². The Morgan fingerprint density at radius 3 is 2.42 bits per heavy atom. The number of alkyl halides is 3. The van der Waals surface area contributed by atoms with Crippen molar-refractivity contribution in [2.45, 2.75) is 31.8 Å². The molecule has 0 aliphatic carbocycles. The fraction of sp³-hybridized carbons (Fsp3) is 0.333. The first-order valence-electron chi connectivity index (χ1n) is 9.42. The van der Waals surface area contributed by atoms with Gasteiger partial charge in [-0.2, -0.15) is 13.2 Å². The Bertz CT molecular complexity index is 993. The smallest absolute Gasteiger partial charge is 0.437 e. The highest BCUT2D eigenvalue weighted by molar-refractivity contribution is 6.00. The second kappa shape index (κ2) is 8.10. The largest absolute Gasteiger partial charge is 0.504 e. The maximum atomic E-state index is 13.9. The molecular weight excluding hydrogens is 417 g/mol. The second-order valence-electron chi connectivity index (χ2n) is 7.21. The summed E-state index contributed by atoms with van der Waals surface area (Å²) in [6, 6.07) is 6.60. The third-order valence-corrected chi connectivity index (χ3v) is 5.07. The number of hydrogen-bond acceptors (Lipinski definition) is 5. The van der Waals surface area contributed by atoms with E-state index in [1.54, 1.807) is 26.0 Å². The lowest BCUT2D eigenvalue weighted by Gasteiger charge is -2.45. The highest BCUT2D eigenvalue weighted by Crippen LogP contribution is 2.45. The lowest BCUT2D eigenvalue weighted by molar-refractivity contribution is -0.287. The number of aromatic hydroxyl groups is 1. The number of halogens is 3. The minimum Gasteiger partial charge on any atom is -0.504 e. The van der Waals surface area contributed by atoms with Gasteiger partial charge in [-0.25, -0.2) is 4.79 Å². The number of amides is 2. The third-order valence-electron chi connectivity index (χ3n) is 5.07. The lowest BCUT2D eigenvalue weighted by Crippen LogP contribution is -2.72. The SMILES string of the molecule is CCOc1cc([C@@H]2NC(=O)N[C@@](O)(C(F)(F)F)[C@H]2C(=O)c2ccc(C)cc2)ccc1O. The van der Waals surface area contributed by atoms with Crippen molar-refractivity contribution in [3.63, 3.8) is 0 Å². The van der Waals surface area contributed by atoms with Crippen molar-refractivity contribution in [3.8, 4) is 11.5 Å². The van der Waals surface area contributed by atoms with Gasteiger partial charge in [0.05, 0.1) is 12.6 Å². The van der Waals surface area contributed by atoms with Crippen molar-refractivity contribution >= 4 is 11.8 Å². The fourth-order valence-corrected chi connectivity index (χ4v) is 3.51. The summed E-state index contributed by atoms with van der Waals surface area (Å²) in [7, 11) is 0. The number of ether oxygens (including phenoxy) is 1. The average molecular weight is 438 g/mol. The van der Waals surface area contributed by atoms with E-state index in [-0.39, 0.29) is 29.2 Å². The monoisotopic (exact) mass is 438 g/mol. The quantitative estimate of drug-likeness (QED) is 0.537. The van der Waals surface area contributed by atoms with Gasteiger partial charge in [0.15, 0.2) is 17.3 Å². The van der Waals surface area contributed by atoms with Crippen LogP contribution < -0.4 is 15.4 Å². The number of urea groups is 1. The van der Waals surface area contributed by atoms with Crippen LogP contribution in [0.3, 0.4) is 0 Å². The van der Waals surface area contributed by atoms with Crippen molar-refractivity contribution < 1.29 is 37.7 Å². The number of carbonyl (C=O) groups excluding carboxylic acids is 2. The van der Waals surface area contributed by atoms with Gasteiger partial charge >= 0.3 is 12.2 Å². The Morgan fingerprint density at radius 2 is 1.84 bits per heavy atom. The molecule has 1 aliphatic heterocycles. The molecule has 0 radical (unpaired) electrons. The van der Waals surface area contributed by atoms with E-state index >= 15 is 0 Å². The zero-order valence-electron chi connectivity index (χ0n) is 16.7. The highest BCUT2D eigenvalue weighted by Gasteiger charge is 2.66. The van der Waals surface area contributed by atoms with Gasteiger partial charge in [0.2, 0.25) is 5.72 Å². The summed E-state index contributed by atoms with van der Waals surface area (Å²) in [6.07, 6.45) is -5.35. The predicted molar refractivity (Wildman–Crippen MR) is 104 cm³/mol. The molecule has 166 valence electrons. The molecule has 0 unspecified atom stereocenters. The van der Waals surface area contributed by atoms with Crippen LogP contribution in [0.1, 0.15) is 34.5 Å². The Kier molecular flexibility index (Phi) is 5.86. The molecule has 1 saturated heterocycles. The number of rotatable bonds is 5. The molecule has 2 aromatic carbocycles. The molecule has 3 atom stereocenters. The molecule has 1 heterocycles. The van der Waals surface area contributed by atoms with Gasteiger partial charge in [0, 0.05) is 5.56 Å². The van der Waals surface area contributed by atoms with E-state index in [9.17, 15) is 33.0 Å². The van der Waals surface area contributed by atoms with E-state index in [2.05, 4.69) is 5.32 Å². The predicted octanol–water partition coefficient (Wildman–Crippen LogP) is 3.20. The normalized spacial score (nSPS) is 23.6. The van der Waals surface area contributed by atoms with Gasteiger partial charge in [0.1, 0.15) is 5.92 Å². The number of benzene rings is 2. The summed E-state index contributed by atoms with van der Waals surface area (Å²) in [5.41, 5.74) is -3.06. The summed E-state index contributed by atoms with van der Waals surface area (Å²) in [6.45, 7) is 3.55. The van der Waals surface area contributed by atoms with E-state index in [0.717, 1.165) is 5.56 Å². The van der Waals surface area contributed by atoms with Crippen molar-refractivity contribution in [2.75, 3.05) is 6.61 Å². The Balaban J connectivity index is 2.17. The third kappa shape index (κ3) is 4.15. The van der Waals surface area contributed by atoms with Crippen LogP contribution in [-0.2, 0) is 0 Å². The van der Waals surface area contributed by atoms with E-state index in [4.69, 9.17) is 4.74 Å². The number of hydrogen-bond donors (Lipinski definition) is 4. The summed E-state index contributed by atoms with van der Waals surface area (Å²) in [5.74, 6) is -3.49. The molecule has 4 N–H and O–H groups in total.